The summed E-state index contributed by atoms with van der Waals surface area (Å²) in [7, 11) is 0. The fourth-order valence-electron chi connectivity index (χ4n) is 2.91. The van der Waals surface area contributed by atoms with Gasteiger partial charge in [-0.1, -0.05) is 53.5 Å². The molecule has 1 atom stereocenters. The highest BCUT2D eigenvalue weighted by Crippen LogP contribution is 2.36. The highest BCUT2D eigenvalue weighted by molar-refractivity contribution is 6.36. The van der Waals surface area contributed by atoms with Gasteiger partial charge in [-0.2, -0.15) is 0 Å². The van der Waals surface area contributed by atoms with Gasteiger partial charge in [0.1, 0.15) is 11.3 Å². The van der Waals surface area contributed by atoms with E-state index in [1.807, 2.05) is 30.3 Å². The van der Waals surface area contributed by atoms with Crippen LogP contribution in [0.5, 0.6) is 0 Å². The monoisotopic (exact) mass is 360 g/mol. The standard InChI is InChI=1S/C19H14Cl2O3/c20-12-6-7-14(15(21)10-12)19(24)17-16(22)9-8-13(18(17)23)11-4-2-1-3-5-11/h1-7,10,13,24H,8-9H2/t13-/m1/s1. The van der Waals surface area contributed by atoms with Crippen molar-refractivity contribution in [1.82, 2.24) is 0 Å². The third-order valence-electron chi connectivity index (χ3n) is 4.13. The molecule has 5 heteroatoms. The number of Topliss-reactive ketones (excluding diaryl/α,β-unsaturated/α-hetero) is 2. The van der Waals surface area contributed by atoms with Crippen molar-refractivity contribution in [2.24, 2.45) is 0 Å². The lowest BCUT2D eigenvalue weighted by atomic mass is 9.78. The van der Waals surface area contributed by atoms with Gasteiger partial charge in [-0.05, 0) is 30.2 Å². The number of allylic oxidation sites excluding steroid dienone is 1. The molecule has 1 fully saturated rings. The lowest BCUT2D eigenvalue weighted by molar-refractivity contribution is -0.124. The van der Waals surface area contributed by atoms with E-state index < -0.39 is 5.92 Å². The molecule has 0 aromatic heterocycles. The first-order valence-corrected chi connectivity index (χ1v) is 8.25. The Balaban J connectivity index is 2.07. The van der Waals surface area contributed by atoms with Crippen molar-refractivity contribution in [3.05, 3.63) is 75.3 Å². The molecule has 0 aliphatic heterocycles. The number of carbonyl (C=O) groups is 2. The maximum Gasteiger partial charge on any atom is 0.177 e. The van der Waals surface area contributed by atoms with E-state index in [0.29, 0.717) is 11.4 Å². The Hall–Kier alpha value is -2.10. The minimum absolute atomic E-state index is 0.181. The van der Waals surface area contributed by atoms with E-state index in [0.717, 1.165) is 5.56 Å². The van der Waals surface area contributed by atoms with Crippen LogP contribution >= 0.6 is 23.2 Å². The van der Waals surface area contributed by atoms with E-state index in [2.05, 4.69) is 0 Å². The minimum atomic E-state index is -0.438. The highest BCUT2D eigenvalue weighted by Gasteiger charge is 2.36. The second kappa shape index (κ2) is 6.80. The molecule has 0 amide bonds. The van der Waals surface area contributed by atoms with Crippen molar-refractivity contribution < 1.29 is 14.7 Å². The molecule has 0 unspecified atom stereocenters. The molecule has 1 N–H and O–H groups in total. The number of carbonyl (C=O) groups excluding carboxylic acids is 2. The van der Waals surface area contributed by atoms with Gasteiger partial charge in [0, 0.05) is 22.9 Å². The van der Waals surface area contributed by atoms with Crippen LogP contribution in [-0.2, 0) is 9.59 Å². The molecule has 2 aromatic rings. The SMILES string of the molecule is O=C1CC[C@H](c2ccccc2)C(=O)C1=C(O)c1ccc(Cl)cc1Cl. The first-order chi connectivity index (χ1) is 11.5. The summed E-state index contributed by atoms with van der Waals surface area (Å²) < 4.78 is 0. The fraction of sp³-hybridized carbons (Fsp3) is 0.158. The quantitative estimate of drug-likeness (QED) is 0.466. The zero-order valence-electron chi connectivity index (χ0n) is 12.6. The van der Waals surface area contributed by atoms with Crippen LogP contribution in [0.15, 0.2) is 54.1 Å². The maximum absolute atomic E-state index is 12.8. The molecule has 0 saturated heterocycles. The summed E-state index contributed by atoms with van der Waals surface area (Å²) in [6, 6.07) is 13.8. The van der Waals surface area contributed by atoms with Gasteiger partial charge in [0.2, 0.25) is 0 Å². The van der Waals surface area contributed by atoms with E-state index in [1.165, 1.54) is 12.1 Å². The number of halogens is 2. The van der Waals surface area contributed by atoms with Crippen LogP contribution in [0.3, 0.4) is 0 Å². The summed E-state index contributed by atoms with van der Waals surface area (Å²) in [6.07, 6.45) is 0.642. The van der Waals surface area contributed by atoms with Crippen LogP contribution in [0.25, 0.3) is 5.76 Å². The minimum Gasteiger partial charge on any atom is -0.506 e. The van der Waals surface area contributed by atoms with E-state index in [4.69, 9.17) is 23.2 Å². The van der Waals surface area contributed by atoms with Crippen LogP contribution in [0.2, 0.25) is 10.0 Å². The van der Waals surface area contributed by atoms with Gasteiger partial charge in [0.25, 0.3) is 0 Å². The molecule has 0 spiro atoms. The first kappa shape index (κ1) is 16.7. The number of aliphatic hydroxyl groups excluding tert-OH is 1. The van der Waals surface area contributed by atoms with Gasteiger partial charge < -0.3 is 5.11 Å². The van der Waals surface area contributed by atoms with Crippen molar-refractivity contribution in [1.29, 1.82) is 0 Å². The summed E-state index contributed by atoms with van der Waals surface area (Å²) in [6.45, 7) is 0. The molecule has 0 bridgehead atoms. The largest absolute Gasteiger partial charge is 0.506 e. The molecule has 24 heavy (non-hydrogen) atoms. The van der Waals surface area contributed by atoms with Crippen molar-refractivity contribution in [3.8, 4) is 0 Å². The Morgan fingerprint density at radius 2 is 1.75 bits per heavy atom. The molecule has 0 heterocycles. The van der Waals surface area contributed by atoms with Gasteiger partial charge in [-0.25, -0.2) is 0 Å². The predicted octanol–water partition coefficient (Wildman–Crippen LogP) is 4.98. The molecule has 1 aliphatic rings. The summed E-state index contributed by atoms with van der Waals surface area (Å²) >= 11 is 11.9. The molecule has 122 valence electrons. The Labute approximate surface area is 149 Å². The van der Waals surface area contributed by atoms with Crippen molar-refractivity contribution in [3.63, 3.8) is 0 Å². The molecule has 0 radical (unpaired) electrons. The molecule has 1 aliphatic carbocycles. The van der Waals surface area contributed by atoms with Gasteiger partial charge in [-0.3, -0.25) is 9.59 Å². The van der Waals surface area contributed by atoms with Crippen LogP contribution < -0.4 is 0 Å². The highest BCUT2D eigenvalue weighted by atomic mass is 35.5. The van der Waals surface area contributed by atoms with Crippen LogP contribution in [0.4, 0.5) is 0 Å². The maximum atomic E-state index is 12.8. The molecule has 3 nitrogen and oxygen atoms in total. The zero-order chi connectivity index (χ0) is 17.3. The second-order valence-electron chi connectivity index (χ2n) is 5.64. The summed E-state index contributed by atoms with van der Waals surface area (Å²) in [4.78, 5) is 25.1. The predicted molar refractivity (Wildman–Crippen MR) is 94.4 cm³/mol. The van der Waals surface area contributed by atoms with Gasteiger partial charge in [0.05, 0.1) is 5.02 Å². The smallest absolute Gasteiger partial charge is 0.177 e. The van der Waals surface area contributed by atoms with E-state index >= 15 is 0 Å². The number of hydrogen-bond donors (Lipinski definition) is 1. The van der Waals surface area contributed by atoms with Crippen molar-refractivity contribution in [2.75, 3.05) is 0 Å². The Morgan fingerprint density at radius 3 is 2.42 bits per heavy atom. The Morgan fingerprint density at radius 1 is 1.04 bits per heavy atom. The average Bonchev–Trinajstić information content (AvgIpc) is 2.55. The molecule has 1 saturated carbocycles. The number of hydrogen-bond acceptors (Lipinski definition) is 3. The lowest BCUT2D eigenvalue weighted by Crippen LogP contribution is -2.27. The number of ketones is 2. The van der Waals surface area contributed by atoms with Crippen LogP contribution in [0.1, 0.15) is 29.9 Å². The molecule has 3 rings (SSSR count). The summed E-state index contributed by atoms with van der Waals surface area (Å²) in [5, 5.41) is 11.1. The lowest BCUT2D eigenvalue weighted by Gasteiger charge is -2.23. The third-order valence-corrected chi connectivity index (χ3v) is 4.67. The van der Waals surface area contributed by atoms with Gasteiger partial charge in [0.15, 0.2) is 11.6 Å². The zero-order valence-corrected chi connectivity index (χ0v) is 14.1. The van der Waals surface area contributed by atoms with Crippen molar-refractivity contribution >= 4 is 40.5 Å². The van der Waals surface area contributed by atoms with Crippen molar-refractivity contribution in [2.45, 2.75) is 18.8 Å². The van der Waals surface area contributed by atoms with E-state index in [-0.39, 0.29) is 39.9 Å². The average molecular weight is 361 g/mol. The van der Waals surface area contributed by atoms with Gasteiger partial charge in [-0.15, -0.1) is 0 Å². The third kappa shape index (κ3) is 3.10. The van der Waals surface area contributed by atoms with Crippen LogP contribution in [-0.4, -0.2) is 16.7 Å². The number of aliphatic hydroxyl groups is 1. The normalized spacial score (nSPS) is 20.2. The number of benzene rings is 2. The Bertz CT molecular complexity index is 841. The van der Waals surface area contributed by atoms with E-state index in [9.17, 15) is 14.7 Å². The second-order valence-corrected chi connectivity index (χ2v) is 6.48. The Kier molecular flexibility index (Phi) is 4.74. The van der Waals surface area contributed by atoms with E-state index in [1.54, 1.807) is 6.07 Å². The molecular formula is C19H14Cl2O3. The molecular weight excluding hydrogens is 347 g/mol. The van der Waals surface area contributed by atoms with Gasteiger partial charge >= 0.3 is 0 Å². The first-order valence-electron chi connectivity index (χ1n) is 7.50. The summed E-state index contributed by atoms with van der Waals surface area (Å²) in [5.41, 5.74) is 0.883. The number of rotatable bonds is 2. The van der Waals surface area contributed by atoms with Crippen LogP contribution in [0, 0.1) is 0 Å². The topological polar surface area (TPSA) is 54.4 Å². The fourth-order valence-corrected chi connectivity index (χ4v) is 3.41. The summed E-state index contributed by atoms with van der Waals surface area (Å²) in [5.74, 6) is -1.56. The molecule has 2 aromatic carbocycles.